The summed E-state index contributed by atoms with van der Waals surface area (Å²) in [6.45, 7) is 3.50. The van der Waals surface area contributed by atoms with E-state index < -0.39 is 0 Å². The molecule has 2 aliphatic rings. The zero-order valence-electron chi connectivity index (χ0n) is 23.9. The van der Waals surface area contributed by atoms with Gasteiger partial charge in [-0.1, -0.05) is 60.1 Å². The van der Waals surface area contributed by atoms with Crippen LogP contribution in [0.15, 0.2) is 72.8 Å². The molecule has 1 N–H and O–H groups in total. The number of rotatable bonds is 8. The Kier molecular flexibility index (Phi) is 8.45. The molecule has 2 saturated heterocycles. The van der Waals surface area contributed by atoms with Crippen LogP contribution in [0.1, 0.15) is 35.2 Å². The third-order valence-corrected chi connectivity index (χ3v) is 10.4. The minimum absolute atomic E-state index is 0.0173. The molecule has 1 atom stereocenters. The number of halogens is 1. The van der Waals surface area contributed by atoms with Crippen molar-refractivity contribution in [2.45, 2.75) is 37.5 Å². The van der Waals surface area contributed by atoms with E-state index in [0.717, 1.165) is 50.4 Å². The number of piperidine rings is 1. The Morgan fingerprint density at radius 2 is 1.76 bits per heavy atom. The monoisotopic (exact) mass is 587 g/mol. The molecule has 2 aliphatic heterocycles. The van der Waals surface area contributed by atoms with Crippen LogP contribution < -0.4 is 10.1 Å². The van der Waals surface area contributed by atoms with Gasteiger partial charge < -0.3 is 15.0 Å². The standard InChI is InChI=1S/C34H38ClN3O2S/c1-37(2)34(15-18-41-23-34)22-36-33(39)25-11-12-32(31(35)20-25)40-27-13-16-38(17-14-27)21-26-19-24-7-3-4-8-28(24)30-10-6-5-9-29(26)30/h3-12,19-20,27H,13-18,21-23H2,1-2H3,(H,36,39). The van der Waals surface area contributed by atoms with Crippen LogP contribution in [0.25, 0.3) is 21.5 Å². The van der Waals surface area contributed by atoms with Crippen molar-refractivity contribution < 1.29 is 9.53 Å². The normalized spacial score (nSPS) is 20.2. The molecule has 0 spiro atoms. The van der Waals surface area contributed by atoms with Gasteiger partial charge in [-0.25, -0.2) is 0 Å². The van der Waals surface area contributed by atoms with E-state index in [9.17, 15) is 4.79 Å². The Morgan fingerprint density at radius 1 is 1.02 bits per heavy atom. The van der Waals surface area contributed by atoms with Crippen LogP contribution in [0.3, 0.4) is 0 Å². The highest BCUT2D eigenvalue weighted by Gasteiger charge is 2.36. The van der Waals surface area contributed by atoms with Gasteiger partial charge in [-0.15, -0.1) is 0 Å². The lowest BCUT2D eigenvalue weighted by Crippen LogP contribution is -2.53. The van der Waals surface area contributed by atoms with Gasteiger partial charge in [-0.3, -0.25) is 9.69 Å². The number of benzene rings is 4. The second kappa shape index (κ2) is 12.2. The van der Waals surface area contributed by atoms with Gasteiger partial charge in [0.05, 0.1) is 5.02 Å². The number of hydrogen-bond donors (Lipinski definition) is 1. The summed E-state index contributed by atoms with van der Waals surface area (Å²) in [6, 6.07) is 25.1. The molecule has 0 aliphatic carbocycles. The fourth-order valence-corrected chi connectivity index (χ4v) is 7.98. The number of fused-ring (bicyclic) bond motifs is 3. The topological polar surface area (TPSA) is 44.8 Å². The minimum Gasteiger partial charge on any atom is -0.489 e. The van der Waals surface area contributed by atoms with Crippen LogP contribution in [-0.2, 0) is 6.54 Å². The summed E-state index contributed by atoms with van der Waals surface area (Å²) in [7, 11) is 4.19. The minimum atomic E-state index is -0.0916. The van der Waals surface area contributed by atoms with Gasteiger partial charge in [0.2, 0.25) is 0 Å². The van der Waals surface area contributed by atoms with E-state index in [-0.39, 0.29) is 17.6 Å². The second-order valence-corrected chi connectivity index (χ2v) is 13.2. The maximum absolute atomic E-state index is 12.9. The molecule has 7 heteroatoms. The molecule has 1 amide bonds. The Balaban J connectivity index is 1.05. The van der Waals surface area contributed by atoms with Gasteiger partial charge in [0.1, 0.15) is 11.9 Å². The van der Waals surface area contributed by atoms with Crippen LogP contribution >= 0.6 is 23.4 Å². The molecule has 4 aromatic carbocycles. The van der Waals surface area contributed by atoms with Gasteiger partial charge in [-0.05, 0) is 90.5 Å². The number of ether oxygens (including phenoxy) is 1. The summed E-state index contributed by atoms with van der Waals surface area (Å²) < 4.78 is 6.34. The van der Waals surface area contributed by atoms with E-state index in [2.05, 4.69) is 83.8 Å². The van der Waals surface area contributed by atoms with Crippen molar-refractivity contribution >= 4 is 50.8 Å². The first-order valence-corrected chi connectivity index (χ1v) is 16.1. The molecular formula is C34H38ClN3O2S. The van der Waals surface area contributed by atoms with E-state index in [1.165, 1.54) is 27.1 Å². The van der Waals surface area contributed by atoms with Crippen molar-refractivity contribution in [2.24, 2.45) is 0 Å². The van der Waals surface area contributed by atoms with Gasteiger partial charge in [0.15, 0.2) is 0 Å². The van der Waals surface area contributed by atoms with Gasteiger partial charge in [0.25, 0.3) is 5.91 Å². The molecule has 41 heavy (non-hydrogen) atoms. The summed E-state index contributed by atoms with van der Waals surface area (Å²) >= 11 is 8.55. The largest absolute Gasteiger partial charge is 0.489 e. The molecule has 2 heterocycles. The number of likely N-dealkylation sites (N-methyl/N-ethyl adjacent to an activating group) is 1. The summed E-state index contributed by atoms with van der Waals surface area (Å²) in [4.78, 5) is 17.7. The second-order valence-electron chi connectivity index (χ2n) is 11.6. The highest BCUT2D eigenvalue weighted by atomic mass is 35.5. The molecule has 6 rings (SSSR count). The molecule has 0 radical (unpaired) electrons. The van der Waals surface area contributed by atoms with Crippen molar-refractivity contribution in [3.8, 4) is 5.75 Å². The first-order valence-electron chi connectivity index (χ1n) is 14.5. The quantitative estimate of drug-likeness (QED) is 0.228. The number of hydrogen-bond acceptors (Lipinski definition) is 5. The van der Waals surface area contributed by atoms with Crippen LogP contribution in [0.5, 0.6) is 5.75 Å². The van der Waals surface area contributed by atoms with E-state index in [1.54, 1.807) is 6.07 Å². The van der Waals surface area contributed by atoms with Crippen molar-refractivity contribution in [1.29, 1.82) is 0 Å². The SMILES string of the molecule is CN(C)C1(CNC(=O)c2ccc(OC3CCN(Cc4cc5ccccc5c5ccccc45)CC3)c(Cl)c2)CCSC1. The molecule has 2 fully saturated rings. The summed E-state index contributed by atoms with van der Waals surface area (Å²) in [5.74, 6) is 2.72. The van der Waals surface area contributed by atoms with Crippen molar-refractivity contribution in [3.63, 3.8) is 0 Å². The van der Waals surface area contributed by atoms with Gasteiger partial charge in [-0.2, -0.15) is 11.8 Å². The Hall–Kier alpha value is -2.77. The van der Waals surface area contributed by atoms with E-state index in [0.29, 0.717) is 22.9 Å². The van der Waals surface area contributed by atoms with Crippen molar-refractivity contribution in [1.82, 2.24) is 15.1 Å². The van der Waals surface area contributed by atoms with Crippen molar-refractivity contribution in [2.75, 3.05) is 45.2 Å². The maximum atomic E-state index is 12.9. The van der Waals surface area contributed by atoms with Gasteiger partial charge in [0, 0.05) is 43.0 Å². The fourth-order valence-electron chi connectivity index (χ4n) is 6.20. The van der Waals surface area contributed by atoms with Crippen LogP contribution in [0, 0.1) is 0 Å². The summed E-state index contributed by atoms with van der Waals surface area (Å²) in [5.41, 5.74) is 1.96. The molecule has 5 nitrogen and oxygen atoms in total. The number of thioether (sulfide) groups is 1. The Labute approximate surface area is 252 Å². The number of amides is 1. The highest BCUT2D eigenvalue weighted by Crippen LogP contribution is 2.33. The average molecular weight is 588 g/mol. The predicted octanol–water partition coefficient (Wildman–Crippen LogP) is 6.86. The Morgan fingerprint density at radius 3 is 2.46 bits per heavy atom. The molecule has 4 aromatic rings. The lowest BCUT2D eigenvalue weighted by Gasteiger charge is -2.35. The smallest absolute Gasteiger partial charge is 0.251 e. The van der Waals surface area contributed by atoms with E-state index in [4.69, 9.17) is 16.3 Å². The first kappa shape index (κ1) is 28.4. The molecule has 1 unspecified atom stereocenters. The Bertz CT molecular complexity index is 1540. The summed E-state index contributed by atoms with van der Waals surface area (Å²) in [5, 5.41) is 8.88. The number of nitrogens with zero attached hydrogens (tertiary/aromatic N) is 2. The van der Waals surface area contributed by atoms with Crippen LogP contribution in [0.4, 0.5) is 0 Å². The van der Waals surface area contributed by atoms with Crippen molar-refractivity contribution in [3.05, 3.63) is 88.9 Å². The maximum Gasteiger partial charge on any atom is 0.251 e. The third-order valence-electron chi connectivity index (χ3n) is 8.88. The average Bonchev–Trinajstić information content (AvgIpc) is 3.49. The highest BCUT2D eigenvalue weighted by molar-refractivity contribution is 7.99. The van der Waals surface area contributed by atoms with Crippen LogP contribution in [0.2, 0.25) is 5.02 Å². The number of carbonyl (C=O) groups is 1. The van der Waals surface area contributed by atoms with E-state index >= 15 is 0 Å². The summed E-state index contributed by atoms with van der Waals surface area (Å²) in [6.07, 6.45) is 3.07. The number of carbonyl (C=O) groups excluding carboxylic acids is 1. The number of likely N-dealkylation sites (tertiary alicyclic amines) is 1. The van der Waals surface area contributed by atoms with E-state index in [1.807, 2.05) is 23.9 Å². The number of nitrogens with one attached hydrogen (secondary N) is 1. The van der Waals surface area contributed by atoms with Gasteiger partial charge >= 0.3 is 0 Å². The van der Waals surface area contributed by atoms with Crippen LogP contribution in [-0.4, -0.2) is 72.6 Å². The lowest BCUT2D eigenvalue weighted by atomic mass is 9.96. The molecule has 0 aromatic heterocycles. The molecular weight excluding hydrogens is 550 g/mol. The molecule has 214 valence electrons. The fraction of sp³-hybridized carbons (Fsp3) is 0.382. The lowest BCUT2D eigenvalue weighted by molar-refractivity contribution is 0.0913. The first-order chi connectivity index (χ1) is 19.9. The predicted molar refractivity (Wildman–Crippen MR) is 173 cm³/mol. The molecule has 0 saturated carbocycles. The zero-order chi connectivity index (χ0) is 28.4. The molecule has 0 bridgehead atoms. The third kappa shape index (κ3) is 6.07. The zero-order valence-corrected chi connectivity index (χ0v) is 25.4.